The van der Waals surface area contributed by atoms with E-state index in [2.05, 4.69) is 14.9 Å². The molecule has 1 unspecified atom stereocenters. The van der Waals surface area contributed by atoms with Gasteiger partial charge in [-0.3, -0.25) is 0 Å². The minimum Gasteiger partial charge on any atom is -0.383 e. The molecule has 4 nitrogen and oxygen atoms in total. The highest BCUT2D eigenvalue weighted by Crippen LogP contribution is 2.21. The van der Waals surface area contributed by atoms with Crippen LogP contribution in [0, 0.1) is 0 Å². The van der Waals surface area contributed by atoms with Crippen LogP contribution in [-0.4, -0.2) is 29.3 Å². The van der Waals surface area contributed by atoms with E-state index in [-0.39, 0.29) is 6.04 Å². The Bertz CT molecular complexity index is 448. The zero-order valence-corrected chi connectivity index (χ0v) is 9.75. The molecule has 2 N–H and O–H groups in total. The van der Waals surface area contributed by atoms with Crippen LogP contribution in [-0.2, 0) is 18.2 Å². The summed E-state index contributed by atoms with van der Waals surface area (Å²) in [6.07, 6.45) is 0.756. The van der Waals surface area contributed by atoms with Gasteiger partial charge in [-0.05, 0) is 11.4 Å². The number of aromatic nitrogens is 2. The summed E-state index contributed by atoms with van der Waals surface area (Å²) in [6, 6.07) is 2.05. The Balaban J connectivity index is 2.20. The minimum absolute atomic E-state index is 0.0187. The molecule has 0 bridgehead atoms. The quantitative estimate of drug-likeness (QED) is 0.849. The topological polar surface area (TPSA) is 53.1 Å². The van der Waals surface area contributed by atoms with Crippen LogP contribution in [0.2, 0.25) is 0 Å². The van der Waals surface area contributed by atoms with Crippen molar-refractivity contribution in [2.24, 2.45) is 12.8 Å². The molecule has 0 aliphatic rings. The molecule has 82 valence electrons. The Morgan fingerprint density at radius 2 is 2.47 bits per heavy atom. The van der Waals surface area contributed by atoms with Gasteiger partial charge in [0.2, 0.25) is 0 Å². The third kappa shape index (κ3) is 2.04. The number of imidazole rings is 1. The second kappa shape index (κ2) is 4.30. The largest absolute Gasteiger partial charge is 0.383 e. The number of ether oxygens (including phenoxy) is 1. The van der Waals surface area contributed by atoms with E-state index in [0.29, 0.717) is 6.61 Å². The number of nitrogens with zero attached hydrogens (tertiary/aromatic N) is 2. The molecule has 0 aliphatic carbocycles. The Kier molecular flexibility index (Phi) is 3.04. The van der Waals surface area contributed by atoms with Gasteiger partial charge in [-0.1, -0.05) is 0 Å². The molecular formula is C10H15N3OS. The summed E-state index contributed by atoms with van der Waals surface area (Å²) in [4.78, 5) is 5.74. The molecule has 1 atom stereocenters. The summed E-state index contributed by atoms with van der Waals surface area (Å²) >= 11 is 1.70. The van der Waals surface area contributed by atoms with Crippen LogP contribution < -0.4 is 5.73 Å². The lowest BCUT2D eigenvalue weighted by Crippen LogP contribution is -2.29. The second-order valence-corrected chi connectivity index (χ2v) is 4.51. The zero-order chi connectivity index (χ0) is 10.8. The maximum Gasteiger partial charge on any atom is 0.122 e. The first-order chi connectivity index (χ1) is 7.22. The first kappa shape index (κ1) is 10.6. The number of aryl methyl sites for hydroxylation is 1. The van der Waals surface area contributed by atoms with Gasteiger partial charge < -0.3 is 15.0 Å². The third-order valence-electron chi connectivity index (χ3n) is 2.39. The van der Waals surface area contributed by atoms with Crippen molar-refractivity contribution in [1.29, 1.82) is 0 Å². The number of fused-ring (bicyclic) bond motifs is 1. The third-order valence-corrected chi connectivity index (χ3v) is 3.37. The summed E-state index contributed by atoms with van der Waals surface area (Å²) in [6.45, 7) is 0.570. The second-order valence-electron chi connectivity index (χ2n) is 3.62. The molecular weight excluding hydrogens is 210 g/mol. The molecule has 2 rings (SSSR count). The van der Waals surface area contributed by atoms with Gasteiger partial charge in [-0.2, -0.15) is 0 Å². The summed E-state index contributed by atoms with van der Waals surface area (Å²) in [7, 11) is 3.69. The lowest BCUT2D eigenvalue weighted by molar-refractivity contribution is 0.179. The average molecular weight is 225 g/mol. The van der Waals surface area contributed by atoms with Crippen molar-refractivity contribution in [2.45, 2.75) is 12.5 Å². The van der Waals surface area contributed by atoms with Crippen molar-refractivity contribution in [3.05, 3.63) is 17.3 Å². The van der Waals surface area contributed by atoms with E-state index < -0.39 is 0 Å². The average Bonchev–Trinajstić information content (AvgIpc) is 2.72. The van der Waals surface area contributed by atoms with Crippen molar-refractivity contribution in [1.82, 2.24) is 9.55 Å². The molecule has 15 heavy (non-hydrogen) atoms. The normalized spacial score (nSPS) is 13.5. The molecule has 0 saturated carbocycles. The highest BCUT2D eigenvalue weighted by molar-refractivity contribution is 7.16. The van der Waals surface area contributed by atoms with Crippen molar-refractivity contribution in [3.8, 4) is 0 Å². The van der Waals surface area contributed by atoms with E-state index in [9.17, 15) is 0 Å². The predicted octanol–water partition coefficient (Wildman–Crippen LogP) is 1.15. The fourth-order valence-electron chi connectivity index (χ4n) is 1.65. The Morgan fingerprint density at radius 3 is 3.13 bits per heavy atom. The first-order valence-corrected chi connectivity index (χ1v) is 5.73. The SMILES string of the molecule is COCC(N)Cc1nc2ccsc2n1C. The molecule has 0 fully saturated rings. The molecule has 2 aromatic heterocycles. The molecule has 2 heterocycles. The molecule has 0 saturated heterocycles. The summed E-state index contributed by atoms with van der Waals surface area (Å²) in [5.41, 5.74) is 6.96. The van der Waals surface area contributed by atoms with Gasteiger partial charge in [0.25, 0.3) is 0 Å². The minimum atomic E-state index is 0.0187. The molecule has 0 radical (unpaired) electrons. The maximum atomic E-state index is 5.90. The fraction of sp³-hybridized carbons (Fsp3) is 0.500. The Morgan fingerprint density at radius 1 is 1.67 bits per heavy atom. The van der Waals surface area contributed by atoms with Crippen LogP contribution in [0.1, 0.15) is 5.82 Å². The van der Waals surface area contributed by atoms with Gasteiger partial charge in [-0.15, -0.1) is 11.3 Å². The van der Waals surface area contributed by atoms with Gasteiger partial charge >= 0.3 is 0 Å². The molecule has 0 aliphatic heterocycles. The highest BCUT2D eigenvalue weighted by Gasteiger charge is 2.12. The van der Waals surface area contributed by atoms with Crippen molar-refractivity contribution < 1.29 is 4.74 Å². The number of rotatable bonds is 4. The van der Waals surface area contributed by atoms with Gasteiger partial charge in [0, 0.05) is 26.6 Å². The van der Waals surface area contributed by atoms with Crippen LogP contribution in [0.25, 0.3) is 10.3 Å². The van der Waals surface area contributed by atoms with Crippen LogP contribution in [0.3, 0.4) is 0 Å². The highest BCUT2D eigenvalue weighted by atomic mass is 32.1. The van der Waals surface area contributed by atoms with Crippen molar-refractivity contribution >= 4 is 21.7 Å². The van der Waals surface area contributed by atoms with E-state index in [4.69, 9.17) is 10.5 Å². The maximum absolute atomic E-state index is 5.90. The zero-order valence-electron chi connectivity index (χ0n) is 8.93. The molecule has 0 aromatic carbocycles. The van der Waals surface area contributed by atoms with Crippen LogP contribution in [0.5, 0.6) is 0 Å². The van der Waals surface area contributed by atoms with Crippen molar-refractivity contribution in [2.75, 3.05) is 13.7 Å². The van der Waals surface area contributed by atoms with Crippen molar-refractivity contribution in [3.63, 3.8) is 0 Å². The fourth-order valence-corrected chi connectivity index (χ4v) is 2.48. The lowest BCUT2D eigenvalue weighted by Gasteiger charge is -2.09. The standard InChI is InChI=1S/C10H15N3OS/c1-13-9(5-7(11)6-14-2)12-8-3-4-15-10(8)13/h3-4,7H,5-6,11H2,1-2H3. The van der Waals surface area contributed by atoms with E-state index in [1.807, 2.05) is 13.1 Å². The summed E-state index contributed by atoms with van der Waals surface area (Å²) in [5.74, 6) is 1.03. The molecule has 0 amide bonds. The lowest BCUT2D eigenvalue weighted by atomic mass is 10.2. The van der Waals surface area contributed by atoms with Gasteiger partial charge in [0.05, 0.1) is 12.1 Å². The van der Waals surface area contributed by atoms with E-state index in [1.165, 1.54) is 4.83 Å². The molecule has 2 aromatic rings. The number of hydrogen-bond donors (Lipinski definition) is 1. The number of nitrogens with two attached hydrogens (primary N) is 1. The number of thiophene rings is 1. The van der Waals surface area contributed by atoms with Crippen LogP contribution >= 0.6 is 11.3 Å². The van der Waals surface area contributed by atoms with E-state index >= 15 is 0 Å². The number of hydrogen-bond acceptors (Lipinski definition) is 4. The Labute approximate surface area is 92.7 Å². The smallest absolute Gasteiger partial charge is 0.122 e. The van der Waals surface area contributed by atoms with Crippen LogP contribution in [0.4, 0.5) is 0 Å². The Hall–Kier alpha value is -0.910. The van der Waals surface area contributed by atoms with Gasteiger partial charge in [0.15, 0.2) is 0 Å². The van der Waals surface area contributed by atoms with Crippen LogP contribution in [0.15, 0.2) is 11.4 Å². The monoisotopic (exact) mass is 225 g/mol. The predicted molar refractivity (Wildman–Crippen MR) is 62.1 cm³/mol. The first-order valence-electron chi connectivity index (χ1n) is 4.85. The summed E-state index contributed by atoms with van der Waals surface area (Å²) < 4.78 is 7.12. The molecule has 5 heteroatoms. The summed E-state index contributed by atoms with van der Waals surface area (Å²) in [5, 5.41) is 2.05. The van der Waals surface area contributed by atoms with E-state index in [0.717, 1.165) is 17.8 Å². The van der Waals surface area contributed by atoms with Gasteiger partial charge in [-0.25, -0.2) is 4.98 Å². The van der Waals surface area contributed by atoms with Gasteiger partial charge in [0.1, 0.15) is 10.7 Å². The van der Waals surface area contributed by atoms with E-state index in [1.54, 1.807) is 18.4 Å². The molecule has 0 spiro atoms. The number of methoxy groups -OCH3 is 1.